The topological polar surface area (TPSA) is 0 Å². The third-order valence-electron chi connectivity index (χ3n) is 4.72. The van der Waals surface area contributed by atoms with Gasteiger partial charge >= 0.3 is 0 Å². The Hall–Kier alpha value is 0. The van der Waals surface area contributed by atoms with Gasteiger partial charge in [0.25, 0.3) is 0 Å². The first-order chi connectivity index (χ1) is 5.61. The van der Waals surface area contributed by atoms with Crippen molar-refractivity contribution in [2.75, 3.05) is 0 Å². The molecule has 1 rings (SSSR count). The van der Waals surface area contributed by atoms with Gasteiger partial charge in [0, 0.05) is 0 Å². The van der Waals surface area contributed by atoms with Gasteiger partial charge in [-0.05, 0) is 23.2 Å². The summed E-state index contributed by atoms with van der Waals surface area (Å²) in [5.74, 6) is 2.97. The summed E-state index contributed by atoms with van der Waals surface area (Å²) in [6, 6.07) is 0. The van der Waals surface area contributed by atoms with Crippen molar-refractivity contribution in [3.05, 3.63) is 0 Å². The van der Waals surface area contributed by atoms with E-state index in [4.69, 9.17) is 0 Å². The molecule has 0 amide bonds. The predicted molar refractivity (Wildman–Crippen MR) is 55.1 cm³/mol. The van der Waals surface area contributed by atoms with Gasteiger partial charge < -0.3 is 0 Å². The zero-order valence-electron chi connectivity index (χ0n) is 9.35. The fourth-order valence-electron chi connectivity index (χ4n) is 3.54. The quantitative estimate of drug-likeness (QED) is 0.595. The molecular formula is C12H24. The van der Waals surface area contributed by atoms with Crippen LogP contribution < -0.4 is 0 Å². The SMILES string of the molecule is CCC1C(C)C(C)(CC)C1CC. The molecule has 0 aromatic carbocycles. The van der Waals surface area contributed by atoms with Crippen molar-refractivity contribution in [3.8, 4) is 0 Å². The Labute approximate surface area is 77.7 Å². The van der Waals surface area contributed by atoms with Crippen LogP contribution in [0, 0.1) is 23.2 Å². The van der Waals surface area contributed by atoms with Crippen LogP contribution in [-0.2, 0) is 0 Å². The van der Waals surface area contributed by atoms with Crippen molar-refractivity contribution >= 4 is 0 Å². The lowest BCUT2D eigenvalue weighted by Crippen LogP contribution is -2.53. The van der Waals surface area contributed by atoms with Crippen LogP contribution in [0.15, 0.2) is 0 Å². The van der Waals surface area contributed by atoms with E-state index in [1.54, 1.807) is 0 Å². The molecule has 1 fully saturated rings. The van der Waals surface area contributed by atoms with Gasteiger partial charge in [-0.25, -0.2) is 0 Å². The first kappa shape index (κ1) is 10.1. The molecule has 0 spiro atoms. The maximum Gasteiger partial charge on any atom is -0.0269 e. The minimum absolute atomic E-state index is 0.662. The Kier molecular flexibility index (Phi) is 2.85. The highest BCUT2D eigenvalue weighted by Crippen LogP contribution is 2.59. The average molecular weight is 168 g/mol. The number of hydrogen-bond donors (Lipinski definition) is 0. The minimum Gasteiger partial charge on any atom is -0.0651 e. The molecule has 0 aromatic heterocycles. The van der Waals surface area contributed by atoms with Crippen LogP contribution in [0.4, 0.5) is 0 Å². The van der Waals surface area contributed by atoms with Gasteiger partial charge in [-0.2, -0.15) is 0 Å². The fourth-order valence-corrected chi connectivity index (χ4v) is 3.54. The molecule has 0 heterocycles. The van der Waals surface area contributed by atoms with Crippen LogP contribution in [0.1, 0.15) is 53.9 Å². The molecule has 0 aromatic rings. The zero-order chi connectivity index (χ0) is 9.35. The molecule has 72 valence electrons. The summed E-state index contributed by atoms with van der Waals surface area (Å²) in [5.41, 5.74) is 0.662. The highest BCUT2D eigenvalue weighted by Gasteiger charge is 2.52. The lowest BCUT2D eigenvalue weighted by atomic mass is 9.46. The highest BCUT2D eigenvalue weighted by atomic mass is 14.6. The van der Waals surface area contributed by atoms with E-state index in [0.717, 1.165) is 17.8 Å². The van der Waals surface area contributed by atoms with Crippen molar-refractivity contribution in [2.45, 2.75) is 53.9 Å². The van der Waals surface area contributed by atoms with Crippen molar-refractivity contribution in [3.63, 3.8) is 0 Å². The third-order valence-corrected chi connectivity index (χ3v) is 4.72. The average Bonchev–Trinajstić information content (AvgIpc) is 2.11. The molecule has 0 heteroatoms. The smallest absolute Gasteiger partial charge is 0.0269 e. The summed E-state index contributed by atoms with van der Waals surface area (Å²) in [5, 5.41) is 0. The monoisotopic (exact) mass is 168 g/mol. The summed E-state index contributed by atoms with van der Waals surface area (Å²) in [6.07, 6.45) is 4.13. The van der Waals surface area contributed by atoms with E-state index in [1.807, 2.05) is 0 Å². The van der Waals surface area contributed by atoms with E-state index in [9.17, 15) is 0 Å². The van der Waals surface area contributed by atoms with E-state index >= 15 is 0 Å². The fraction of sp³-hybridized carbons (Fsp3) is 1.00. The van der Waals surface area contributed by atoms with Crippen LogP contribution in [0.3, 0.4) is 0 Å². The number of rotatable bonds is 3. The van der Waals surface area contributed by atoms with Gasteiger partial charge in [0.05, 0.1) is 0 Å². The largest absolute Gasteiger partial charge is 0.0651 e. The molecule has 0 aliphatic heterocycles. The van der Waals surface area contributed by atoms with Crippen molar-refractivity contribution in [1.82, 2.24) is 0 Å². The van der Waals surface area contributed by atoms with E-state index in [-0.39, 0.29) is 0 Å². The zero-order valence-corrected chi connectivity index (χ0v) is 9.35. The maximum absolute atomic E-state index is 2.48. The van der Waals surface area contributed by atoms with Gasteiger partial charge in [-0.15, -0.1) is 0 Å². The van der Waals surface area contributed by atoms with Crippen molar-refractivity contribution in [1.29, 1.82) is 0 Å². The van der Waals surface area contributed by atoms with E-state index in [1.165, 1.54) is 19.3 Å². The van der Waals surface area contributed by atoms with Gasteiger partial charge in [0.1, 0.15) is 0 Å². The van der Waals surface area contributed by atoms with Crippen LogP contribution in [0.25, 0.3) is 0 Å². The molecule has 1 saturated carbocycles. The summed E-state index contributed by atoms with van der Waals surface area (Å²) in [6.45, 7) is 12.0. The molecule has 1 aliphatic carbocycles. The Balaban J connectivity index is 2.67. The maximum atomic E-state index is 2.48. The van der Waals surface area contributed by atoms with Crippen molar-refractivity contribution < 1.29 is 0 Å². The van der Waals surface area contributed by atoms with Gasteiger partial charge in [-0.1, -0.05) is 53.9 Å². The molecule has 12 heavy (non-hydrogen) atoms. The normalized spacial score (nSPS) is 47.2. The molecule has 0 nitrogen and oxygen atoms in total. The Morgan fingerprint density at radius 2 is 1.67 bits per heavy atom. The summed E-state index contributed by atoms with van der Waals surface area (Å²) >= 11 is 0. The molecule has 0 N–H and O–H groups in total. The molecule has 4 atom stereocenters. The summed E-state index contributed by atoms with van der Waals surface area (Å²) in [7, 11) is 0. The molecular weight excluding hydrogens is 144 g/mol. The third kappa shape index (κ3) is 1.11. The Morgan fingerprint density at radius 3 is 2.00 bits per heavy atom. The van der Waals surface area contributed by atoms with Gasteiger partial charge in [0.15, 0.2) is 0 Å². The predicted octanol–water partition coefficient (Wildman–Crippen LogP) is 4.10. The Morgan fingerprint density at radius 1 is 1.08 bits per heavy atom. The highest BCUT2D eigenvalue weighted by molar-refractivity contribution is 5.01. The van der Waals surface area contributed by atoms with E-state index in [0.29, 0.717) is 5.41 Å². The number of hydrogen-bond acceptors (Lipinski definition) is 0. The summed E-state index contributed by atoms with van der Waals surface area (Å²) in [4.78, 5) is 0. The molecule has 4 unspecified atom stereocenters. The lowest BCUT2D eigenvalue weighted by Gasteiger charge is -2.59. The van der Waals surface area contributed by atoms with Crippen LogP contribution in [-0.4, -0.2) is 0 Å². The first-order valence-corrected chi connectivity index (χ1v) is 5.61. The minimum atomic E-state index is 0.662. The van der Waals surface area contributed by atoms with Crippen molar-refractivity contribution in [2.24, 2.45) is 23.2 Å². The van der Waals surface area contributed by atoms with E-state index < -0.39 is 0 Å². The van der Waals surface area contributed by atoms with Crippen LogP contribution >= 0.6 is 0 Å². The van der Waals surface area contributed by atoms with Crippen LogP contribution in [0.2, 0.25) is 0 Å². The molecule has 0 bridgehead atoms. The summed E-state index contributed by atoms with van der Waals surface area (Å²) < 4.78 is 0. The lowest BCUT2D eigenvalue weighted by molar-refractivity contribution is -0.107. The second-order valence-corrected chi connectivity index (χ2v) is 4.73. The second kappa shape index (κ2) is 3.40. The van der Waals surface area contributed by atoms with Gasteiger partial charge in [-0.3, -0.25) is 0 Å². The van der Waals surface area contributed by atoms with E-state index in [2.05, 4.69) is 34.6 Å². The first-order valence-electron chi connectivity index (χ1n) is 5.61. The molecule has 1 aliphatic rings. The van der Waals surface area contributed by atoms with Crippen LogP contribution in [0.5, 0.6) is 0 Å². The molecule has 0 radical (unpaired) electrons. The molecule has 0 saturated heterocycles. The standard InChI is InChI=1S/C12H24/c1-6-10-9(4)12(5,8-3)11(10)7-2/h9-11H,6-8H2,1-5H3. The second-order valence-electron chi connectivity index (χ2n) is 4.73. The Bertz CT molecular complexity index is 150. The van der Waals surface area contributed by atoms with Gasteiger partial charge in [0.2, 0.25) is 0 Å².